The average Bonchev–Trinajstić information content (AvgIpc) is 3.76. The Hall–Kier alpha value is -4.43. The lowest BCUT2D eigenvalue weighted by molar-refractivity contribution is -0.149. The number of esters is 1. The van der Waals surface area contributed by atoms with E-state index in [4.69, 9.17) is 9.47 Å². The number of anilines is 1. The number of rotatable bonds is 9. The number of H-pyrrole nitrogens is 1. The highest BCUT2D eigenvalue weighted by atomic mass is 32.2. The van der Waals surface area contributed by atoms with Crippen LogP contribution in [0.5, 0.6) is 5.75 Å². The molecule has 3 N–H and O–H groups in total. The quantitative estimate of drug-likeness (QED) is 0.228. The summed E-state index contributed by atoms with van der Waals surface area (Å²) in [7, 11) is 0. The summed E-state index contributed by atoms with van der Waals surface area (Å²) >= 11 is 2.68. The molecule has 7 atom stereocenters. The Bertz CT molecular complexity index is 1820. The zero-order valence-corrected chi connectivity index (χ0v) is 26.1. The van der Waals surface area contributed by atoms with Crippen LogP contribution in [0.25, 0.3) is 0 Å². The number of carboxylic acids is 1. The van der Waals surface area contributed by atoms with Crippen LogP contribution in [0.1, 0.15) is 40.1 Å². The Morgan fingerprint density at radius 2 is 1.78 bits per heavy atom. The van der Waals surface area contributed by atoms with Gasteiger partial charge in [-0.05, 0) is 73.1 Å². The predicted octanol–water partition coefficient (Wildman–Crippen LogP) is 3.19. The first-order chi connectivity index (χ1) is 22.1. The zero-order valence-electron chi connectivity index (χ0n) is 24.5. The van der Waals surface area contributed by atoms with Crippen molar-refractivity contribution in [1.29, 1.82) is 0 Å². The molecule has 2 saturated carbocycles. The molecule has 7 rings (SSSR count). The van der Waals surface area contributed by atoms with Crippen LogP contribution >= 0.6 is 23.1 Å². The predicted molar refractivity (Wildman–Crippen MR) is 166 cm³/mol. The van der Waals surface area contributed by atoms with E-state index < -0.39 is 48.0 Å². The Morgan fingerprint density at radius 1 is 1.04 bits per heavy atom. The molecule has 0 radical (unpaired) electrons. The number of likely N-dealkylation sites (tertiary alicyclic amines) is 1. The maximum atomic E-state index is 13.4. The van der Waals surface area contributed by atoms with E-state index in [1.54, 1.807) is 49.0 Å². The van der Waals surface area contributed by atoms with Gasteiger partial charge < -0.3 is 24.9 Å². The first-order valence-corrected chi connectivity index (χ1v) is 16.6. The molecule has 12 nitrogen and oxygen atoms in total. The lowest BCUT2D eigenvalue weighted by Crippen LogP contribution is -2.42. The number of aromatic nitrogens is 1. The molecule has 2 bridgehead atoms. The SMILES string of the molecule is CCOC(=O)c1ccc(NC(=O)COc2cccc([C@H]3c4sc(=O)[nH]c4SC4C5CC(C6C(=O)N(CC(=O)O)C(=O)C56)C43)c2)cc1. The van der Waals surface area contributed by atoms with Crippen molar-refractivity contribution in [2.75, 3.05) is 25.1 Å². The topological polar surface area (TPSA) is 172 Å². The van der Waals surface area contributed by atoms with Crippen molar-refractivity contribution >= 4 is 58.4 Å². The lowest BCUT2D eigenvalue weighted by Gasteiger charge is -2.43. The smallest absolute Gasteiger partial charge is 0.338 e. The molecule has 46 heavy (non-hydrogen) atoms. The molecule has 2 aliphatic heterocycles. The Labute approximate surface area is 270 Å². The molecule has 3 heterocycles. The number of fused-ring (bicyclic) bond motifs is 9. The molecule has 0 spiro atoms. The highest BCUT2D eigenvalue weighted by molar-refractivity contribution is 8.00. The fourth-order valence-electron chi connectivity index (χ4n) is 7.79. The largest absolute Gasteiger partial charge is 0.484 e. The summed E-state index contributed by atoms with van der Waals surface area (Å²) in [6.45, 7) is 1.07. The van der Waals surface area contributed by atoms with Gasteiger partial charge in [0.1, 0.15) is 12.3 Å². The van der Waals surface area contributed by atoms with Gasteiger partial charge in [0.15, 0.2) is 6.61 Å². The van der Waals surface area contributed by atoms with E-state index in [2.05, 4.69) is 10.3 Å². The monoisotopic (exact) mass is 663 g/mol. The fraction of sp³-hybridized carbons (Fsp3) is 0.375. The van der Waals surface area contributed by atoms with E-state index in [0.717, 1.165) is 31.7 Å². The van der Waals surface area contributed by atoms with Crippen LogP contribution in [0.15, 0.2) is 58.4 Å². The van der Waals surface area contributed by atoms with Crippen LogP contribution in [-0.4, -0.2) is 69.7 Å². The molecular weight excluding hydrogens is 634 g/mol. The van der Waals surface area contributed by atoms with Crippen molar-refractivity contribution < 1.29 is 38.6 Å². The third kappa shape index (κ3) is 5.09. The Morgan fingerprint density at radius 3 is 2.50 bits per heavy atom. The first kappa shape index (κ1) is 30.2. The van der Waals surface area contributed by atoms with E-state index in [9.17, 15) is 33.9 Å². The molecule has 2 aromatic carbocycles. The van der Waals surface area contributed by atoms with Crippen LogP contribution < -0.4 is 14.9 Å². The van der Waals surface area contributed by atoms with Crippen molar-refractivity contribution in [3.63, 3.8) is 0 Å². The van der Waals surface area contributed by atoms with E-state index in [-0.39, 0.29) is 47.0 Å². The van der Waals surface area contributed by atoms with Crippen molar-refractivity contribution in [2.24, 2.45) is 29.6 Å². The molecule has 4 aliphatic rings. The van der Waals surface area contributed by atoms with Gasteiger partial charge in [0.25, 0.3) is 5.91 Å². The van der Waals surface area contributed by atoms with Gasteiger partial charge in [-0.2, -0.15) is 0 Å². The number of nitrogens with zero attached hydrogens (tertiary/aromatic N) is 1. The normalized spacial score (nSPS) is 27.2. The molecule has 1 aromatic heterocycles. The van der Waals surface area contributed by atoms with Crippen molar-refractivity contribution in [1.82, 2.24) is 9.88 Å². The number of hydrogen-bond acceptors (Lipinski definition) is 10. The summed E-state index contributed by atoms with van der Waals surface area (Å²) in [5, 5.41) is 12.8. The van der Waals surface area contributed by atoms with Gasteiger partial charge >= 0.3 is 16.8 Å². The highest BCUT2D eigenvalue weighted by Gasteiger charge is 2.69. The van der Waals surface area contributed by atoms with E-state index in [0.29, 0.717) is 23.4 Å². The van der Waals surface area contributed by atoms with Crippen molar-refractivity contribution in [3.05, 3.63) is 74.2 Å². The van der Waals surface area contributed by atoms with Crippen LogP contribution in [0.2, 0.25) is 0 Å². The number of carbonyl (C=O) groups excluding carboxylic acids is 4. The minimum absolute atomic E-state index is 0.0407. The second-order valence-electron chi connectivity index (χ2n) is 11.8. The van der Waals surface area contributed by atoms with Gasteiger partial charge in [-0.1, -0.05) is 23.5 Å². The fourth-order valence-corrected chi connectivity index (χ4v) is 10.7. The Kier molecular flexibility index (Phi) is 7.71. The second kappa shape index (κ2) is 11.7. The molecule has 238 valence electrons. The molecular formula is C32H29N3O9S2. The number of thioether (sulfide) groups is 1. The zero-order chi connectivity index (χ0) is 32.3. The standard InChI is InChI=1S/C32H29N3O9S2/c1-2-43-31(41)14-6-8-16(9-7-14)33-20(36)13-44-17-5-3-4-15(10-17)22-23-18-11-19(26(23)45-28-27(22)46-32(42)34-28)25-24(18)29(39)35(30(25)40)12-21(37)38/h3-10,18-19,22-26H,2,11-13H2,1H3,(H,33,36)(H,34,42)(H,37,38)/t18?,19?,22-,23?,24?,25?,26?/m1/s1. The third-order valence-electron chi connectivity index (χ3n) is 9.38. The maximum Gasteiger partial charge on any atom is 0.338 e. The number of carboxylic acid groups (broad SMARTS) is 1. The van der Waals surface area contributed by atoms with Crippen molar-refractivity contribution in [2.45, 2.75) is 29.5 Å². The summed E-state index contributed by atoms with van der Waals surface area (Å²) in [5.74, 6) is -4.16. The average molecular weight is 664 g/mol. The van der Waals surface area contributed by atoms with Crippen molar-refractivity contribution in [3.8, 4) is 5.75 Å². The summed E-state index contributed by atoms with van der Waals surface area (Å²) in [4.78, 5) is 79.7. The summed E-state index contributed by atoms with van der Waals surface area (Å²) in [5.41, 5.74) is 1.73. The second-order valence-corrected chi connectivity index (χ2v) is 14.0. The number of aliphatic carboxylic acids is 1. The van der Waals surface area contributed by atoms with Gasteiger partial charge in [-0.15, -0.1) is 11.8 Å². The summed E-state index contributed by atoms with van der Waals surface area (Å²) < 4.78 is 10.8. The molecule has 3 amide bonds. The molecule has 2 aliphatic carbocycles. The van der Waals surface area contributed by atoms with Gasteiger partial charge in [-0.3, -0.25) is 28.9 Å². The summed E-state index contributed by atoms with van der Waals surface area (Å²) in [6.07, 6.45) is 0.683. The number of hydrogen-bond donors (Lipinski definition) is 3. The number of amides is 3. The minimum Gasteiger partial charge on any atom is -0.484 e. The van der Waals surface area contributed by atoms with Gasteiger partial charge in [-0.25, -0.2) is 4.79 Å². The van der Waals surface area contributed by atoms with Crippen LogP contribution in [0.4, 0.5) is 5.69 Å². The number of nitrogens with one attached hydrogen (secondary N) is 2. The minimum atomic E-state index is -1.23. The molecule has 3 fully saturated rings. The number of carbonyl (C=O) groups is 5. The molecule has 1 saturated heterocycles. The van der Waals surface area contributed by atoms with E-state index in [1.165, 1.54) is 0 Å². The van der Waals surface area contributed by atoms with E-state index in [1.807, 2.05) is 18.2 Å². The first-order valence-electron chi connectivity index (χ1n) is 14.9. The summed E-state index contributed by atoms with van der Waals surface area (Å²) in [6, 6.07) is 13.7. The molecule has 6 unspecified atom stereocenters. The maximum absolute atomic E-state index is 13.4. The van der Waals surface area contributed by atoms with Crippen LogP contribution in [0.3, 0.4) is 0 Å². The van der Waals surface area contributed by atoms with E-state index >= 15 is 0 Å². The van der Waals surface area contributed by atoms with Crippen LogP contribution in [-0.2, 0) is 23.9 Å². The van der Waals surface area contributed by atoms with Gasteiger partial charge in [0, 0.05) is 21.7 Å². The highest BCUT2D eigenvalue weighted by Crippen LogP contribution is 2.68. The van der Waals surface area contributed by atoms with Gasteiger partial charge in [0.2, 0.25) is 11.8 Å². The lowest BCUT2D eigenvalue weighted by atomic mass is 9.68. The van der Waals surface area contributed by atoms with Gasteiger partial charge in [0.05, 0.1) is 29.0 Å². The molecule has 3 aromatic rings. The number of benzene rings is 2. The number of ether oxygens (including phenoxy) is 2. The third-order valence-corrected chi connectivity index (χ3v) is 12.0. The Balaban J connectivity index is 1.10. The number of thiazole rings is 1. The van der Waals surface area contributed by atoms with Crippen LogP contribution in [0, 0.1) is 29.6 Å². The number of aromatic amines is 1. The number of imide groups is 1. The molecule has 14 heteroatoms.